The van der Waals surface area contributed by atoms with Gasteiger partial charge in [-0.1, -0.05) is 12.1 Å². The van der Waals surface area contributed by atoms with Crippen LogP contribution in [0.2, 0.25) is 0 Å². The van der Waals surface area contributed by atoms with Crippen molar-refractivity contribution < 1.29 is 4.39 Å². The Bertz CT molecular complexity index is 735. The molecule has 0 radical (unpaired) electrons. The van der Waals surface area contributed by atoms with Gasteiger partial charge in [0.05, 0.1) is 11.7 Å². The molecule has 90 valence electrons. The molecule has 0 unspecified atom stereocenters. The van der Waals surface area contributed by atoms with E-state index in [0.29, 0.717) is 5.56 Å². The molecule has 0 bridgehead atoms. The van der Waals surface area contributed by atoms with E-state index < -0.39 is 5.82 Å². The molecular weight excluding hydrogens is 235 g/mol. The summed E-state index contributed by atoms with van der Waals surface area (Å²) in [6.45, 7) is 0. The van der Waals surface area contributed by atoms with E-state index in [1.165, 1.54) is 0 Å². The SMILES string of the molecule is Nc1nc(N)c(F)c(-c2ccc3cn[nH]c3c2)n1. The molecule has 0 amide bonds. The van der Waals surface area contributed by atoms with Gasteiger partial charge in [0.25, 0.3) is 0 Å². The van der Waals surface area contributed by atoms with Crippen molar-refractivity contribution in [3.63, 3.8) is 0 Å². The van der Waals surface area contributed by atoms with Crippen molar-refractivity contribution >= 4 is 22.7 Å². The maximum atomic E-state index is 13.9. The lowest BCUT2D eigenvalue weighted by atomic mass is 10.1. The van der Waals surface area contributed by atoms with Crippen LogP contribution >= 0.6 is 0 Å². The quantitative estimate of drug-likeness (QED) is 0.598. The summed E-state index contributed by atoms with van der Waals surface area (Å²) in [7, 11) is 0. The van der Waals surface area contributed by atoms with Gasteiger partial charge in [-0.05, 0) is 6.07 Å². The van der Waals surface area contributed by atoms with Crippen molar-refractivity contribution in [3.05, 3.63) is 30.2 Å². The first kappa shape index (κ1) is 10.5. The van der Waals surface area contributed by atoms with Crippen LogP contribution in [0.4, 0.5) is 16.2 Å². The van der Waals surface area contributed by atoms with Crippen molar-refractivity contribution in [2.45, 2.75) is 0 Å². The Kier molecular flexibility index (Phi) is 2.12. The number of anilines is 2. The Morgan fingerprint density at radius 2 is 2.00 bits per heavy atom. The van der Waals surface area contributed by atoms with Crippen molar-refractivity contribution in [1.82, 2.24) is 20.2 Å². The summed E-state index contributed by atoms with van der Waals surface area (Å²) in [6.07, 6.45) is 1.68. The zero-order valence-corrected chi connectivity index (χ0v) is 9.18. The maximum Gasteiger partial charge on any atom is 0.222 e. The number of hydrogen-bond donors (Lipinski definition) is 3. The zero-order valence-electron chi connectivity index (χ0n) is 9.18. The van der Waals surface area contributed by atoms with Crippen LogP contribution in [0.25, 0.3) is 22.2 Å². The molecule has 0 saturated heterocycles. The number of halogens is 1. The monoisotopic (exact) mass is 244 g/mol. The number of fused-ring (bicyclic) bond motifs is 1. The molecule has 0 saturated carbocycles. The van der Waals surface area contributed by atoms with Gasteiger partial charge in [0.15, 0.2) is 11.6 Å². The van der Waals surface area contributed by atoms with Gasteiger partial charge in [0, 0.05) is 10.9 Å². The molecule has 0 atom stereocenters. The molecule has 0 aliphatic rings. The van der Waals surface area contributed by atoms with Crippen molar-refractivity contribution in [2.24, 2.45) is 0 Å². The van der Waals surface area contributed by atoms with Gasteiger partial charge in [-0.25, -0.2) is 9.37 Å². The summed E-state index contributed by atoms with van der Waals surface area (Å²) in [5.41, 5.74) is 12.3. The lowest BCUT2D eigenvalue weighted by molar-refractivity contribution is 0.625. The smallest absolute Gasteiger partial charge is 0.222 e. The largest absolute Gasteiger partial charge is 0.381 e. The molecule has 5 N–H and O–H groups in total. The second-order valence-electron chi connectivity index (χ2n) is 3.80. The Hall–Kier alpha value is -2.70. The average Bonchev–Trinajstić information content (AvgIpc) is 2.80. The molecule has 0 aliphatic heterocycles. The van der Waals surface area contributed by atoms with Crippen LogP contribution in [-0.4, -0.2) is 20.2 Å². The Morgan fingerprint density at radius 3 is 2.83 bits per heavy atom. The van der Waals surface area contributed by atoms with Crippen LogP contribution in [0.1, 0.15) is 0 Å². The molecule has 7 heteroatoms. The average molecular weight is 244 g/mol. The molecule has 0 aliphatic carbocycles. The fourth-order valence-electron chi connectivity index (χ4n) is 1.76. The molecule has 1 aromatic carbocycles. The number of rotatable bonds is 1. The van der Waals surface area contributed by atoms with Crippen LogP contribution in [0.5, 0.6) is 0 Å². The number of nitrogens with zero attached hydrogens (tertiary/aromatic N) is 3. The van der Waals surface area contributed by atoms with E-state index >= 15 is 0 Å². The third kappa shape index (κ3) is 1.53. The minimum Gasteiger partial charge on any atom is -0.381 e. The molecule has 18 heavy (non-hydrogen) atoms. The van der Waals surface area contributed by atoms with Crippen LogP contribution in [0, 0.1) is 5.82 Å². The predicted molar refractivity (Wildman–Crippen MR) is 65.9 cm³/mol. The third-order valence-electron chi connectivity index (χ3n) is 2.61. The second kappa shape index (κ2) is 3.66. The van der Waals surface area contributed by atoms with E-state index in [-0.39, 0.29) is 17.5 Å². The topological polar surface area (TPSA) is 106 Å². The van der Waals surface area contributed by atoms with Crippen molar-refractivity contribution in [3.8, 4) is 11.3 Å². The van der Waals surface area contributed by atoms with Gasteiger partial charge in [-0.2, -0.15) is 10.1 Å². The van der Waals surface area contributed by atoms with Gasteiger partial charge in [0.2, 0.25) is 5.95 Å². The number of nitrogens with one attached hydrogen (secondary N) is 1. The van der Waals surface area contributed by atoms with Crippen molar-refractivity contribution in [1.29, 1.82) is 0 Å². The lowest BCUT2D eigenvalue weighted by Crippen LogP contribution is -2.05. The van der Waals surface area contributed by atoms with E-state index in [9.17, 15) is 4.39 Å². The van der Waals surface area contributed by atoms with Crippen LogP contribution in [0.15, 0.2) is 24.4 Å². The molecule has 2 aromatic heterocycles. The van der Waals surface area contributed by atoms with Gasteiger partial charge in [-0.3, -0.25) is 5.10 Å². The summed E-state index contributed by atoms with van der Waals surface area (Å²) in [4.78, 5) is 7.43. The highest BCUT2D eigenvalue weighted by atomic mass is 19.1. The predicted octanol–water partition coefficient (Wildman–Crippen LogP) is 1.32. The van der Waals surface area contributed by atoms with Crippen LogP contribution in [-0.2, 0) is 0 Å². The highest BCUT2D eigenvalue weighted by Crippen LogP contribution is 2.26. The number of aromatic nitrogens is 4. The Morgan fingerprint density at radius 1 is 1.17 bits per heavy atom. The Labute approximate surface area is 101 Å². The molecule has 0 fully saturated rings. The fourth-order valence-corrected chi connectivity index (χ4v) is 1.76. The van der Waals surface area contributed by atoms with Crippen LogP contribution in [0.3, 0.4) is 0 Å². The number of hydrogen-bond acceptors (Lipinski definition) is 5. The summed E-state index contributed by atoms with van der Waals surface area (Å²) < 4.78 is 13.9. The Balaban J connectivity index is 2.25. The summed E-state index contributed by atoms with van der Waals surface area (Å²) in [6, 6.07) is 5.26. The zero-order chi connectivity index (χ0) is 12.7. The van der Waals surface area contributed by atoms with E-state index in [4.69, 9.17) is 11.5 Å². The first-order valence-corrected chi connectivity index (χ1v) is 5.17. The fraction of sp³-hybridized carbons (Fsp3) is 0. The second-order valence-corrected chi connectivity index (χ2v) is 3.80. The third-order valence-corrected chi connectivity index (χ3v) is 2.61. The summed E-state index contributed by atoms with van der Waals surface area (Å²) >= 11 is 0. The normalized spacial score (nSPS) is 10.9. The standard InChI is InChI=1S/C11H9FN6/c12-8-9(16-11(14)17-10(8)13)5-1-2-6-4-15-18-7(6)3-5/h1-4H,(H,15,18)(H4,13,14,16,17). The minimum absolute atomic E-state index is 0.0615. The molecule has 2 heterocycles. The van der Waals surface area contributed by atoms with Gasteiger partial charge < -0.3 is 11.5 Å². The van der Waals surface area contributed by atoms with E-state index in [1.54, 1.807) is 18.3 Å². The van der Waals surface area contributed by atoms with Crippen molar-refractivity contribution in [2.75, 3.05) is 11.5 Å². The lowest BCUT2D eigenvalue weighted by Gasteiger charge is -2.05. The molecular formula is C11H9FN6. The summed E-state index contributed by atoms with van der Waals surface area (Å²) in [5.74, 6) is -1.00. The minimum atomic E-state index is -0.678. The van der Waals surface area contributed by atoms with Crippen LogP contribution < -0.4 is 11.5 Å². The summed E-state index contributed by atoms with van der Waals surface area (Å²) in [5, 5.41) is 7.62. The van der Waals surface area contributed by atoms with Gasteiger partial charge in [0.1, 0.15) is 5.69 Å². The molecule has 3 rings (SSSR count). The molecule has 6 nitrogen and oxygen atoms in total. The highest BCUT2D eigenvalue weighted by molar-refractivity contribution is 5.83. The number of nitrogen functional groups attached to an aromatic ring is 2. The molecule has 0 spiro atoms. The van der Waals surface area contributed by atoms with Gasteiger partial charge >= 0.3 is 0 Å². The molecule has 3 aromatic rings. The van der Waals surface area contributed by atoms with E-state index in [2.05, 4.69) is 20.2 Å². The number of H-pyrrole nitrogens is 1. The first-order valence-electron chi connectivity index (χ1n) is 5.17. The van der Waals surface area contributed by atoms with E-state index in [1.807, 2.05) is 6.07 Å². The van der Waals surface area contributed by atoms with E-state index in [0.717, 1.165) is 10.9 Å². The first-order chi connectivity index (χ1) is 8.65. The number of aromatic amines is 1. The van der Waals surface area contributed by atoms with Gasteiger partial charge in [-0.15, -0.1) is 0 Å². The number of benzene rings is 1. The highest BCUT2D eigenvalue weighted by Gasteiger charge is 2.13. The maximum absolute atomic E-state index is 13.9. The number of nitrogens with two attached hydrogens (primary N) is 2.